The van der Waals surface area contributed by atoms with Gasteiger partial charge in [0, 0.05) is 49.8 Å². The third-order valence-corrected chi connectivity index (χ3v) is 7.87. The first-order chi connectivity index (χ1) is 17.6. The number of halogens is 3. The SMILES string of the molecule is CCCN(c1cc(-c2cc(F)c(Cl)c(F)c2)nc2cc(C(O)N3C[C@@H]4C(CC(=O)O)[C@@H]4C3)nn12)C(C)C. The minimum absolute atomic E-state index is 0.103. The number of aliphatic hydroxyl groups is 1. The van der Waals surface area contributed by atoms with Crippen LogP contribution in [0.4, 0.5) is 14.6 Å². The summed E-state index contributed by atoms with van der Waals surface area (Å²) in [4.78, 5) is 19.7. The summed E-state index contributed by atoms with van der Waals surface area (Å²) in [5, 5.41) is 24.3. The van der Waals surface area contributed by atoms with Gasteiger partial charge in [0.25, 0.3) is 0 Å². The van der Waals surface area contributed by atoms with Crippen molar-refractivity contribution in [3.05, 3.63) is 46.6 Å². The molecule has 0 amide bonds. The van der Waals surface area contributed by atoms with Gasteiger partial charge in [0.1, 0.15) is 28.2 Å². The fourth-order valence-electron chi connectivity index (χ4n) is 5.61. The lowest BCUT2D eigenvalue weighted by atomic mass is 10.1. The van der Waals surface area contributed by atoms with Crippen molar-refractivity contribution in [1.29, 1.82) is 0 Å². The van der Waals surface area contributed by atoms with Crippen LogP contribution < -0.4 is 4.90 Å². The standard InChI is InChI=1S/C26H30ClF2N5O3/c1-4-5-33(13(2)3)23-10-20(14-6-18(28)25(27)19(29)7-14)30-22-9-21(31-34(22)23)26(37)32-11-16-15(8-24(35)36)17(16)12-32/h6-7,9-10,13,15-17,26,37H,4-5,8,11-12H2,1-3H3,(H,35,36)/t15?,16-,17+,26?. The van der Waals surface area contributed by atoms with Crippen molar-refractivity contribution in [3.8, 4) is 11.3 Å². The van der Waals surface area contributed by atoms with Gasteiger partial charge in [-0.15, -0.1) is 0 Å². The molecule has 2 aliphatic rings. The molecule has 0 spiro atoms. The molecule has 1 aromatic carbocycles. The smallest absolute Gasteiger partial charge is 0.303 e. The first-order valence-corrected chi connectivity index (χ1v) is 12.9. The normalized spacial score (nSPS) is 22.0. The molecule has 1 aliphatic heterocycles. The number of fused-ring (bicyclic) bond motifs is 2. The molecule has 0 radical (unpaired) electrons. The van der Waals surface area contributed by atoms with Crippen molar-refractivity contribution < 1.29 is 23.8 Å². The van der Waals surface area contributed by atoms with Crippen LogP contribution in [0.5, 0.6) is 0 Å². The van der Waals surface area contributed by atoms with Gasteiger partial charge < -0.3 is 15.1 Å². The molecule has 4 atom stereocenters. The molecule has 2 N–H and O–H groups in total. The number of piperidine rings is 1. The molecular formula is C26H30ClF2N5O3. The molecule has 2 fully saturated rings. The van der Waals surface area contributed by atoms with Gasteiger partial charge in [-0.3, -0.25) is 9.69 Å². The van der Waals surface area contributed by atoms with E-state index in [4.69, 9.17) is 21.8 Å². The Balaban J connectivity index is 1.52. The summed E-state index contributed by atoms with van der Waals surface area (Å²) in [5.41, 5.74) is 1.46. The predicted molar refractivity (Wildman–Crippen MR) is 135 cm³/mol. The molecule has 0 bridgehead atoms. The van der Waals surface area contributed by atoms with Crippen molar-refractivity contribution in [2.45, 2.75) is 45.9 Å². The number of anilines is 1. The van der Waals surface area contributed by atoms with Gasteiger partial charge in [0.15, 0.2) is 11.9 Å². The highest BCUT2D eigenvalue weighted by atomic mass is 35.5. The molecule has 1 aliphatic carbocycles. The Morgan fingerprint density at radius 3 is 2.41 bits per heavy atom. The summed E-state index contributed by atoms with van der Waals surface area (Å²) in [7, 11) is 0. The Morgan fingerprint density at radius 2 is 1.84 bits per heavy atom. The third-order valence-electron chi connectivity index (χ3n) is 7.51. The Labute approximate surface area is 218 Å². The molecule has 2 unspecified atom stereocenters. The van der Waals surface area contributed by atoms with E-state index in [9.17, 15) is 18.7 Å². The number of rotatable bonds is 9. The lowest BCUT2D eigenvalue weighted by Gasteiger charge is -2.29. The monoisotopic (exact) mass is 533 g/mol. The molecule has 1 saturated carbocycles. The Morgan fingerprint density at radius 1 is 1.19 bits per heavy atom. The minimum atomic E-state index is -0.972. The van der Waals surface area contributed by atoms with Gasteiger partial charge in [-0.1, -0.05) is 18.5 Å². The maximum Gasteiger partial charge on any atom is 0.303 e. The predicted octanol–water partition coefficient (Wildman–Crippen LogP) is 4.60. The molecule has 8 nitrogen and oxygen atoms in total. The van der Waals surface area contributed by atoms with E-state index in [1.807, 2.05) is 18.7 Å². The number of benzene rings is 1. The van der Waals surface area contributed by atoms with Crippen molar-refractivity contribution in [3.63, 3.8) is 0 Å². The van der Waals surface area contributed by atoms with Gasteiger partial charge in [-0.25, -0.2) is 13.8 Å². The van der Waals surface area contributed by atoms with Gasteiger partial charge in [-0.05, 0) is 50.2 Å². The maximum atomic E-state index is 14.3. The van der Waals surface area contributed by atoms with Crippen LogP contribution in [0, 0.1) is 29.4 Å². The van der Waals surface area contributed by atoms with Crippen molar-refractivity contribution in [2.24, 2.45) is 17.8 Å². The third kappa shape index (κ3) is 4.78. The second kappa shape index (κ2) is 9.81. The number of likely N-dealkylation sites (tertiary alicyclic amines) is 1. The molecule has 3 heterocycles. The summed E-state index contributed by atoms with van der Waals surface area (Å²) in [6, 6.07) is 5.85. The van der Waals surface area contributed by atoms with Gasteiger partial charge in [-0.2, -0.15) is 9.61 Å². The second-order valence-electron chi connectivity index (χ2n) is 10.3. The zero-order valence-electron chi connectivity index (χ0n) is 20.9. The van der Waals surface area contributed by atoms with Crippen LogP contribution in [0.3, 0.4) is 0 Å². The minimum Gasteiger partial charge on any atom is -0.481 e. The second-order valence-corrected chi connectivity index (χ2v) is 10.7. The van der Waals surface area contributed by atoms with Crippen LogP contribution >= 0.6 is 11.6 Å². The average Bonchev–Trinajstić information content (AvgIpc) is 3.20. The van der Waals surface area contributed by atoms with Gasteiger partial charge in [0.2, 0.25) is 0 Å². The summed E-state index contributed by atoms with van der Waals surface area (Å²) in [6.45, 7) is 8.10. The van der Waals surface area contributed by atoms with E-state index >= 15 is 0 Å². The van der Waals surface area contributed by atoms with Crippen LogP contribution in [0.2, 0.25) is 5.02 Å². The Kier molecular flexibility index (Phi) is 6.84. The summed E-state index contributed by atoms with van der Waals surface area (Å²) < 4.78 is 30.2. The summed E-state index contributed by atoms with van der Waals surface area (Å²) >= 11 is 5.69. The van der Waals surface area contributed by atoms with Crippen LogP contribution in [0.1, 0.15) is 45.5 Å². The first-order valence-electron chi connectivity index (χ1n) is 12.5. The van der Waals surface area contributed by atoms with Gasteiger partial charge in [0.05, 0.1) is 5.69 Å². The van der Waals surface area contributed by atoms with Crippen LogP contribution in [0.15, 0.2) is 24.3 Å². The number of carboxylic acid groups (broad SMARTS) is 1. The van der Waals surface area contributed by atoms with Crippen LogP contribution in [-0.2, 0) is 4.79 Å². The molecule has 2 aromatic heterocycles. The van der Waals surface area contributed by atoms with Crippen LogP contribution in [0.25, 0.3) is 16.9 Å². The fraction of sp³-hybridized carbons (Fsp3) is 0.500. The van der Waals surface area contributed by atoms with E-state index in [-0.39, 0.29) is 35.8 Å². The highest BCUT2D eigenvalue weighted by molar-refractivity contribution is 6.31. The topological polar surface area (TPSA) is 94.2 Å². The number of aliphatic hydroxyl groups excluding tert-OH is 1. The lowest BCUT2D eigenvalue weighted by molar-refractivity contribution is -0.137. The Hall–Kier alpha value is -2.82. The largest absolute Gasteiger partial charge is 0.481 e. The van der Waals surface area contributed by atoms with E-state index in [2.05, 4.69) is 16.8 Å². The van der Waals surface area contributed by atoms with Crippen molar-refractivity contribution >= 4 is 29.0 Å². The van der Waals surface area contributed by atoms with Crippen LogP contribution in [-0.4, -0.2) is 61.4 Å². The van der Waals surface area contributed by atoms with E-state index in [1.165, 1.54) is 0 Å². The number of carboxylic acids is 1. The first kappa shape index (κ1) is 25.8. The highest BCUT2D eigenvalue weighted by Crippen LogP contribution is 2.54. The maximum absolute atomic E-state index is 14.3. The lowest BCUT2D eigenvalue weighted by Crippen LogP contribution is -2.33. The molecule has 198 valence electrons. The Bertz CT molecular complexity index is 1310. The molecule has 11 heteroatoms. The number of aliphatic carboxylic acids is 1. The average molecular weight is 534 g/mol. The number of hydrogen-bond donors (Lipinski definition) is 2. The summed E-state index contributed by atoms with van der Waals surface area (Å²) in [5.74, 6) is -1.11. The quantitative estimate of drug-likeness (QED) is 0.388. The van der Waals surface area contributed by atoms with Crippen molar-refractivity contribution in [1.82, 2.24) is 19.5 Å². The molecule has 3 aromatic rings. The number of carbonyl (C=O) groups is 1. The van der Waals surface area contributed by atoms with E-state index in [1.54, 1.807) is 16.6 Å². The number of nitrogens with zero attached hydrogens (tertiary/aromatic N) is 5. The van der Waals surface area contributed by atoms with E-state index in [0.29, 0.717) is 35.9 Å². The van der Waals surface area contributed by atoms with Gasteiger partial charge >= 0.3 is 5.97 Å². The van der Waals surface area contributed by atoms with E-state index in [0.717, 1.165) is 25.1 Å². The molecular weight excluding hydrogens is 504 g/mol. The number of aromatic nitrogens is 3. The van der Waals surface area contributed by atoms with E-state index < -0.39 is 28.9 Å². The number of hydrogen-bond acceptors (Lipinski definition) is 6. The van der Waals surface area contributed by atoms with Crippen molar-refractivity contribution in [2.75, 3.05) is 24.5 Å². The fourth-order valence-corrected chi connectivity index (χ4v) is 5.72. The zero-order chi connectivity index (χ0) is 26.6. The zero-order valence-corrected chi connectivity index (χ0v) is 21.7. The molecule has 5 rings (SSSR count). The summed E-state index contributed by atoms with van der Waals surface area (Å²) in [6.07, 6.45) is 0.0603. The molecule has 37 heavy (non-hydrogen) atoms. The molecule has 1 saturated heterocycles. The highest BCUT2D eigenvalue weighted by Gasteiger charge is 2.57.